The van der Waals surface area contributed by atoms with Crippen LogP contribution in [0, 0.1) is 10.8 Å². The fourth-order valence-electron chi connectivity index (χ4n) is 4.22. The lowest BCUT2D eigenvalue weighted by atomic mass is 9.58. The minimum atomic E-state index is -0.904. The van der Waals surface area contributed by atoms with Gasteiger partial charge in [0.2, 0.25) is 0 Å². The Labute approximate surface area is 135 Å². The summed E-state index contributed by atoms with van der Waals surface area (Å²) in [5.41, 5.74) is -0.0431. The molecule has 2 rings (SSSR count). The average molecular weight is 354 g/mol. The van der Waals surface area contributed by atoms with Crippen molar-refractivity contribution >= 4 is 27.6 Å². The molecule has 0 radical (unpaired) electrons. The van der Waals surface area contributed by atoms with E-state index in [9.17, 15) is 9.90 Å². The lowest BCUT2D eigenvalue weighted by molar-refractivity contribution is -0.147. The van der Waals surface area contributed by atoms with Crippen LogP contribution in [-0.4, -0.2) is 16.6 Å². The van der Waals surface area contributed by atoms with Crippen LogP contribution in [0.3, 0.4) is 0 Å². The van der Waals surface area contributed by atoms with Gasteiger partial charge in [0, 0.05) is 10.2 Å². The molecule has 1 aromatic rings. The number of hydrogen-bond donors (Lipinski definition) is 2. The summed E-state index contributed by atoms with van der Waals surface area (Å²) in [5.74, 6) is -0.758. The molecule has 0 aliphatic heterocycles. The van der Waals surface area contributed by atoms with Crippen molar-refractivity contribution < 1.29 is 9.90 Å². The van der Waals surface area contributed by atoms with Crippen LogP contribution >= 0.6 is 15.9 Å². The van der Waals surface area contributed by atoms with Gasteiger partial charge in [0.25, 0.3) is 0 Å². The summed E-state index contributed by atoms with van der Waals surface area (Å²) in [7, 11) is 0. The molecule has 0 spiro atoms. The number of aliphatic carboxylic acids is 1. The van der Waals surface area contributed by atoms with Gasteiger partial charge in [-0.2, -0.15) is 0 Å². The maximum atomic E-state index is 12.1. The molecule has 0 aromatic heterocycles. The summed E-state index contributed by atoms with van der Waals surface area (Å²) >= 11 is 3.41. The quantitative estimate of drug-likeness (QED) is 0.810. The minimum Gasteiger partial charge on any atom is -0.480 e. The highest BCUT2D eigenvalue weighted by molar-refractivity contribution is 9.10. The molecule has 0 bridgehead atoms. The fraction of sp³-hybridized carbons (Fsp3) is 0.588. The Morgan fingerprint density at radius 2 is 1.52 bits per heavy atom. The first-order chi connectivity index (χ1) is 9.54. The molecule has 1 aromatic carbocycles. The summed E-state index contributed by atoms with van der Waals surface area (Å²) in [5, 5.41) is 13.2. The molecular weight excluding hydrogens is 330 g/mol. The second kappa shape index (κ2) is 5.31. The van der Waals surface area contributed by atoms with E-state index in [1.54, 1.807) is 0 Å². The maximum Gasteiger partial charge on any atom is 0.329 e. The van der Waals surface area contributed by atoms with Gasteiger partial charge in [-0.05, 0) is 54.4 Å². The monoisotopic (exact) mass is 353 g/mol. The van der Waals surface area contributed by atoms with E-state index in [0.717, 1.165) is 16.6 Å². The van der Waals surface area contributed by atoms with Crippen LogP contribution in [0.2, 0.25) is 0 Å². The first kappa shape index (κ1) is 16.3. The van der Waals surface area contributed by atoms with Gasteiger partial charge in [-0.1, -0.05) is 43.6 Å². The third-order valence-corrected chi connectivity index (χ3v) is 4.68. The van der Waals surface area contributed by atoms with Gasteiger partial charge in [0.1, 0.15) is 5.54 Å². The molecule has 4 heteroatoms. The van der Waals surface area contributed by atoms with Gasteiger partial charge >= 0.3 is 5.97 Å². The summed E-state index contributed by atoms with van der Waals surface area (Å²) in [4.78, 5) is 12.1. The molecular formula is C17H24BrNO2. The van der Waals surface area contributed by atoms with Crippen molar-refractivity contribution in [2.45, 2.75) is 52.5 Å². The fourth-order valence-corrected chi connectivity index (χ4v) is 4.48. The molecule has 0 heterocycles. The molecule has 0 saturated heterocycles. The maximum absolute atomic E-state index is 12.1. The molecule has 0 amide bonds. The normalized spacial score (nSPS) is 22.5. The number of halogens is 1. The summed E-state index contributed by atoms with van der Waals surface area (Å²) in [6.45, 7) is 8.65. The van der Waals surface area contributed by atoms with E-state index >= 15 is 0 Å². The Balaban J connectivity index is 2.36. The predicted octanol–water partition coefficient (Wildman–Crippen LogP) is 4.92. The highest BCUT2D eigenvalue weighted by atomic mass is 79.9. The van der Waals surface area contributed by atoms with Gasteiger partial charge in [-0.3, -0.25) is 0 Å². The number of carboxylic acid groups (broad SMARTS) is 1. The van der Waals surface area contributed by atoms with E-state index < -0.39 is 11.5 Å². The standard InChI is InChI=1S/C17H24BrNO2/c1-15(2)9-16(3,4)11-17(10-15,14(20)21)19-13-7-5-12(18)6-8-13/h5-8,19H,9-11H2,1-4H3,(H,20,21). The highest BCUT2D eigenvalue weighted by Crippen LogP contribution is 2.51. The number of carbonyl (C=O) groups is 1. The molecule has 1 aliphatic rings. The molecule has 3 nitrogen and oxygen atoms in total. The Bertz CT molecular complexity index is 518. The zero-order valence-electron chi connectivity index (χ0n) is 13.2. The van der Waals surface area contributed by atoms with Crippen molar-refractivity contribution in [3.8, 4) is 0 Å². The molecule has 1 saturated carbocycles. The highest BCUT2D eigenvalue weighted by Gasteiger charge is 2.52. The predicted molar refractivity (Wildman–Crippen MR) is 89.5 cm³/mol. The van der Waals surface area contributed by atoms with E-state index in [0.29, 0.717) is 12.8 Å². The van der Waals surface area contributed by atoms with Crippen LogP contribution < -0.4 is 5.32 Å². The average Bonchev–Trinajstić information content (AvgIpc) is 2.28. The van der Waals surface area contributed by atoms with Crippen molar-refractivity contribution in [1.82, 2.24) is 0 Å². The van der Waals surface area contributed by atoms with E-state index in [2.05, 4.69) is 48.9 Å². The van der Waals surface area contributed by atoms with Crippen LogP contribution in [0.15, 0.2) is 28.7 Å². The van der Waals surface area contributed by atoms with Gasteiger partial charge in [0.05, 0.1) is 0 Å². The van der Waals surface area contributed by atoms with Gasteiger partial charge < -0.3 is 10.4 Å². The van der Waals surface area contributed by atoms with E-state index in [1.807, 2.05) is 24.3 Å². The largest absolute Gasteiger partial charge is 0.480 e. The molecule has 0 unspecified atom stereocenters. The third kappa shape index (κ3) is 3.79. The SMILES string of the molecule is CC1(C)CC(C)(C)CC(Nc2ccc(Br)cc2)(C(=O)O)C1. The second-order valence-corrected chi connectivity index (χ2v) is 8.79. The van der Waals surface area contributed by atoms with Crippen molar-refractivity contribution in [2.75, 3.05) is 5.32 Å². The topological polar surface area (TPSA) is 49.3 Å². The smallest absolute Gasteiger partial charge is 0.329 e. The summed E-state index contributed by atoms with van der Waals surface area (Å²) < 4.78 is 0.988. The lowest BCUT2D eigenvalue weighted by Gasteiger charge is -2.50. The van der Waals surface area contributed by atoms with Crippen molar-refractivity contribution in [3.63, 3.8) is 0 Å². The van der Waals surface area contributed by atoms with Crippen LogP contribution in [-0.2, 0) is 4.79 Å². The van der Waals surface area contributed by atoms with E-state index in [4.69, 9.17) is 0 Å². The first-order valence-electron chi connectivity index (χ1n) is 7.31. The molecule has 2 N–H and O–H groups in total. The Kier molecular flexibility index (Phi) is 4.13. The Morgan fingerprint density at radius 3 is 1.95 bits per heavy atom. The third-order valence-electron chi connectivity index (χ3n) is 4.15. The van der Waals surface area contributed by atoms with Crippen LogP contribution in [0.5, 0.6) is 0 Å². The van der Waals surface area contributed by atoms with Gasteiger partial charge in [-0.25, -0.2) is 4.79 Å². The molecule has 116 valence electrons. The van der Waals surface area contributed by atoms with E-state index in [-0.39, 0.29) is 10.8 Å². The van der Waals surface area contributed by atoms with Crippen LogP contribution in [0.4, 0.5) is 5.69 Å². The summed E-state index contributed by atoms with van der Waals surface area (Å²) in [6, 6.07) is 7.70. The van der Waals surface area contributed by atoms with Crippen LogP contribution in [0.25, 0.3) is 0 Å². The Morgan fingerprint density at radius 1 is 1.05 bits per heavy atom. The zero-order chi connectivity index (χ0) is 15.9. The number of carboxylic acids is 1. The Hall–Kier alpha value is -1.03. The van der Waals surface area contributed by atoms with Crippen molar-refractivity contribution in [3.05, 3.63) is 28.7 Å². The number of anilines is 1. The van der Waals surface area contributed by atoms with E-state index in [1.165, 1.54) is 0 Å². The second-order valence-electron chi connectivity index (χ2n) is 7.88. The van der Waals surface area contributed by atoms with Gasteiger partial charge in [0.15, 0.2) is 0 Å². The van der Waals surface area contributed by atoms with Crippen LogP contribution in [0.1, 0.15) is 47.0 Å². The molecule has 21 heavy (non-hydrogen) atoms. The van der Waals surface area contributed by atoms with Gasteiger partial charge in [-0.15, -0.1) is 0 Å². The molecule has 1 fully saturated rings. The van der Waals surface area contributed by atoms with Crippen molar-refractivity contribution in [2.24, 2.45) is 10.8 Å². The number of rotatable bonds is 3. The lowest BCUT2D eigenvalue weighted by Crippen LogP contribution is -2.56. The van der Waals surface area contributed by atoms with Crippen molar-refractivity contribution in [1.29, 1.82) is 0 Å². The molecule has 0 atom stereocenters. The number of nitrogens with one attached hydrogen (secondary N) is 1. The minimum absolute atomic E-state index is 0.00248. The number of benzene rings is 1. The zero-order valence-corrected chi connectivity index (χ0v) is 14.8. The molecule has 1 aliphatic carbocycles. The first-order valence-corrected chi connectivity index (χ1v) is 8.10. The number of hydrogen-bond acceptors (Lipinski definition) is 2. The summed E-state index contributed by atoms with van der Waals surface area (Å²) in [6.07, 6.45) is 2.31.